The van der Waals surface area contributed by atoms with E-state index in [9.17, 15) is 9.59 Å². The lowest BCUT2D eigenvalue weighted by molar-refractivity contribution is 0.0741. The van der Waals surface area contributed by atoms with Gasteiger partial charge in [-0.1, -0.05) is 19.1 Å². The summed E-state index contributed by atoms with van der Waals surface area (Å²) in [7, 11) is 0. The van der Waals surface area contributed by atoms with Crippen LogP contribution in [0.5, 0.6) is 0 Å². The van der Waals surface area contributed by atoms with Crippen molar-refractivity contribution in [1.29, 1.82) is 0 Å². The Morgan fingerprint density at radius 2 is 2.00 bits per heavy atom. The number of carboxylic acid groups (broad SMARTS) is 1. The fraction of sp³-hybridized carbons (Fsp3) is 0.273. The molecule has 1 rings (SSSR count). The number of benzene rings is 1. The molecule has 1 aromatic rings. The Morgan fingerprint density at radius 1 is 1.38 bits per heavy atom. The molecule has 4 nitrogen and oxygen atoms in total. The summed E-state index contributed by atoms with van der Waals surface area (Å²) in [6, 6.07) is 6.77. The molecule has 0 aliphatic heterocycles. The fourth-order valence-corrected chi connectivity index (χ4v) is 1.74. The molecular formula is C11H12BrNO3. The largest absolute Gasteiger partial charge is 0.465 e. The van der Waals surface area contributed by atoms with Crippen molar-refractivity contribution in [2.24, 2.45) is 0 Å². The van der Waals surface area contributed by atoms with E-state index >= 15 is 0 Å². The van der Waals surface area contributed by atoms with Gasteiger partial charge in [0.2, 0.25) is 0 Å². The average Bonchev–Trinajstić information content (AvgIpc) is 2.25. The number of halogens is 1. The van der Waals surface area contributed by atoms with Crippen LogP contribution in [0.3, 0.4) is 0 Å². The molecule has 0 radical (unpaired) electrons. The van der Waals surface area contributed by atoms with Gasteiger partial charge >= 0.3 is 6.09 Å². The Kier molecular flexibility index (Phi) is 4.49. The second kappa shape index (κ2) is 5.65. The van der Waals surface area contributed by atoms with Crippen LogP contribution in [0.4, 0.5) is 4.79 Å². The van der Waals surface area contributed by atoms with E-state index in [0.717, 1.165) is 4.90 Å². The van der Waals surface area contributed by atoms with Crippen LogP contribution in [0, 0.1) is 0 Å². The number of hydrogen-bond acceptors (Lipinski definition) is 2. The van der Waals surface area contributed by atoms with Crippen molar-refractivity contribution in [2.45, 2.75) is 13.3 Å². The van der Waals surface area contributed by atoms with E-state index in [1.807, 2.05) is 6.92 Å². The molecule has 0 atom stereocenters. The number of rotatable bonds is 3. The summed E-state index contributed by atoms with van der Waals surface area (Å²) in [5.74, 6) is -0.498. The van der Waals surface area contributed by atoms with E-state index in [-0.39, 0.29) is 6.54 Å². The average molecular weight is 286 g/mol. The minimum atomic E-state index is -1.22. The van der Waals surface area contributed by atoms with Gasteiger partial charge in [0.1, 0.15) is 0 Å². The maximum atomic E-state index is 11.9. The molecule has 0 unspecified atom stereocenters. The summed E-state index contributed by atoms with van der Waals surface area (Å²) in [6.45, 7) is 2.03. The lowest BCUT2D eigenvalue weighted by atomic mass is 10.2. The summed E-state index contributed by atoms with van der Waals surface area (Å²) in [6.07, 6.45) is -0.620. The predicted molar refractivity (Wildman–Crippen MR) is 63.5 cm³/mol. The van der Waals surface area contributed by atoms with Gasteiger partial charge in [-0.2, -0.15) is 0 Å². The first-order chi connectivity index (χ1) is 7.57. The van der Waals surface area contributed by atoms with Crippen LogP contribution in [0.15, 0.2) is 28.7 Å². The molecule has 0 heterocycles. The zero-order chi connectivity index (χ0) is 12.1. The van der Waals surface area contributed by atoms with Crippen LogP contribution in [0.1, 0.15) is 23.7 Å². The second-order valence-electron chi connectivity index (χ2n) is 3.22. The first-order valence-electron chi connectivity index (χ1n) is 4.87. The molecule has 0 saturated heterocycles. The fourth-order valence-electron chi connectivity index (χ4n) is 1.29. The first kappa shape index (κ1) is 12.7. The molecule has 0 bridgehead atoms. The Bertz CT molecular complexity index is 406. The van der Waals surface area contributed by atoms with Gasteiger partial charge in [0.25, 0.3) is 5.91 Å². The van der Waals surface area contributed by atoms with Crippen LogP contribution >= 0.6 is 15.9 Å². The van der Waals surface area contributed by atoms with E-state index in [1.165, 1.54) is 0 Å². The highest BCUT2D eigenvalue weighted by Gasteiger charge is 2.22. The highest BCUT2D eigenvalue weighted by Crippen LogP contribution is 2.18. The molecule has 0 saturated carbocycles. The summed E-state index contributed by atoms with van der Waals surface area (Å²) < 4.78 is 0.599. The Hall–Kier alpha value is -1.36. The highest BCUT2D eigenvalue weighted by atomic mass is 79.9. The van der Waals surface area contributed by atoms with Gasteiger partial charge in [-0.05, 0) is 34.5 Å². The topological polar surface area (TPSA) is 57.6 Å². The van der Waals surface area contributed by atoms with Gasteiger partial charge in [-0.25, -0.2) is 9.69 Å². The summed E-state index contributed by atoms with van der Waals surface area (Å²) in [5.41, 5.74) is 0.360. The third-order valence-electron chi connectivity index (χ3n) is 2.03. The zero-order valence-corrected chi connectivity index (χ0v) is 10.4. The number of carbonyl (C=O) groups is 2. The Balaban J connectivity index is 2.99. The van der Waals surface area contributed by atoms with Gasteiger partial charge < -0.3 is 5.11 Å². The SMILES string of the molecule is CCCN(C(=O)O)C(=O)c1ccccc1Br. The minimum absolute atomic E-state index is 0.204. The molecule has 0 aliphatic rings. The van der Waals surface area contributed by atoms with Crippen molar-refractivity contribution in [3.8, 4) is 0 Å². The van der Waals surface area contributed by atoms with Crippen LogP contribution in [0.25, 0.3) is 0 Å². The van der Waals surface area contributed by atoms with Crippen molar-refractivity contribution in [2.75, 3.05) is 6.54 Å². The number of hydrogen-bond donors (Lipinski definition) is 1. The number of carbonyl (C=O) groups excluding carboxylic acids is 1. The maximum absolute atomic E-state index is 11.9. The normalized spacial score (nSPS) is 9.88. The maximum Gasteiger partial charge on any atom is 0.414 e. The van der Waals surface area contributed by atoms with Gasteiger partial charge in [0, 0.05) is 11.0 Å². The van der Waals surface area contributed by atoms with Crippen molar-refractivity contribution < 1.29 is 14.7 Å². The van der Waals surface area contributed by atoms with E-state index in [0.29, 0.717) is 16.5 Å². The third kappa shape index (κ3) is 2.82. The first-order valence-corrected chi connectivity index (χ1v) is 5.66. The molecule has 1 N–H and O–H groups in total. The molecule has 16 heavy (non-hydrogen) atoms. The quantitative estimate of drug-likeness (QED) is 0.929. The molecule has 2 amide bonds. The minimum Gasteiger partial charge on any atom is -0.465 e. The van der Waals surface area contributed by atoms with Gasteiger partial charge in [-0.15, -0.1) is 0 Å². The second-order valence-corrected chi connectivity index (χ2v) is 4.07. The monoisotopic (exact) mass is 285 g/mol. The summed E-state index contributed by atoms with van der Waals surface area (Å²) in [4.78, 5) is 23.6. The van der Waals surface area contributed by atoms with Gasteiger partial charge in [0.15, 0.2) is 0 Å². The smallest absolute Gasteiger partial charge is 0.414 e. The Labute approximate surface area is 102 Å². The third-order valence-corrected chi connectivity index (χ3v) is 2.72. The number of nitrogens with zero attached hydrogens (tertiary/aromatic N) is 1. The lowest BCUT2D eigenvalue weighted by Crippen LogP contribution is -2.36. The number of imide groups is 1. The van der Waals surface area contributed by atoms with E-state index < -0.39 is 12.0 Å². The standard InChI is InChI=1S/C11H12BrNO3/c1-2-7-13(11(15)16)10(14)8-5-3-4-6-9(8)12/h3-6H,2,7H2,1H3,(H,15,16). The van der Waals surface area contributed by atoms with E-state index in [2.05, 4.69) is 15.9 Å². The van der Waals surface area contributed by atoms with Crippen molar-refractivity contribution in [3.63, 3.8) is 0 Å². The van der Waals surface area contributed by atoms with E-state index in [4.69, 9.17) is 5.11 Å². The molecule has 5 heteroatoms. The van der Waals surface area contributed by atoms with Crippen LogP contribution in [-0.2, 0) is 0 Å². The van der Waals surface area contributed by atoms with Crippen molar-refractivity contribution in [1.82, 2.24) is 4.90 Å². The molecule has 1 aromatic carbocycles. The molecule has 0 aliphatic carbocycles. The highest BCUT2D eigenvalue weighted by molar-refractivity contribution is 9.10. The van der Waals surface area contributed by atoms with E-state index in [1.54, 1.807) is 24.3 Å². The summed E-state index contributed by atoms with van der Waals surface area (Å²) >= 11 is 3.22. The van der Waals surface area contributed by atoms with Crippen LogP contribution in [-0.4, -0.2) is 28.6 Å². The number of amides is 2. The molecule has 86 valence electrons. The molecule has 0 aromatic heterocycles. The predicted octanol–water partition coefficient (Wildman–Crippen LogP) is 2.98. The van der Waals surface area contributed by atoms with Crippen molar-refractivity contribution >= 4 is 27.9 Å². The molecule has 0 fully saturated rings. The van der Waals surface area contributed by atoms with Gasteiger partial charge in [-0.3, -0.25) is 4.79 Å². The van der Waals surface area contributed by atoms with Crippen molar-refractivity contribution in [3.05, 3.63) is 34.3 Å². The molecule has 0 spiro atoms. The van der Waals surface area contributed by atoms with Crippen LogP contribution < -0.4 is 0 Å². The van der Waals surface area contributed by atoms with Gasteiger partial charge in [0.05, 0.1) is 5.56 Å². The zero-order valence-electron chi connectivity index (χ0n) is 8.81. The lowest BCUT2D eigenvalue weighted by Gasteiger charge is -2.16. The van der Waals surface area contributed by atoms with Crippen LogP contribution in [0.2, 0.25) is 0 Å². The molecular weight excluding hydrogens is 274 g/mol. The summed E-state index contributed by atoms with van der Waals surface area (Å²) in [5, 5.41) is 8.92. The Morgan fingerprint density at radius 3 is 2.50 bits per heavy atom.